The highest BCUT2D eigenvalue weighted by atomic mass is 16.7. The van der Waals surface area contributed by atoms with Gasteiger partial charge in [-0.15, -0.1) is 0 Å². The van der Waals surface area contributed by atoms with Gasteiger partial charge in [0.15, 0.2) is 0 Å². The first-order valence-electron chi connectivity index (χ1n) is 10.1. The molecular formula is C22H27N5O4. The zero-order valence-corrected chi connectivity index (χ0v) is 17.9. The number of nitrogens with one attached hydrogen (secondary N) is 2. The molecule has 9 nitrogen and oxygen atoms in total. The van der Waals surface area contributed by atoms with Gasteiger partial charge in [0.2, 0.25) is 0 Å². The molecule has 2 aliphatic heterocycles. The van der Waals surface area contributed by atoms with Crippen LogP contribution in [0.5, 0.6) is 0 Å². The van der Waals surface area contributed by atoms with Crippen molar-refractivity contribution in [2.75, 3.05) is 20.3 Å². The molecule has 0 aromatic heterocycles. The SMILES string of the molecule is CCCN(OCC)C(=O)C1=Cc2ccc(C3=CC=C(C(=O)OC)NN3)cc2N=C(N)C1. The highest BCUT2D eigenvalue weighted by Gasteiger charge is 2.22. The van der Waals surface area contributed by atoms with Gasteiger partial charge in [-0.3, -0.25) is 15.1 Å². The number of carbonyl (C=O) groups excluding carboxylic acids is 2. The molecule has 0 aliphatic carbocycles. The Morgan fingerprint density at radius 3 is 2.68 bits per heavy atom. The molecule has 0 radical (unpaired) electrons. The first kappa shape index (κ1) is 22.1. The number of nitrogens with zero attached hydrogens (tertiary/aromatic N) is 2. The average molecular weight is 425 g/mol. The van der Waals surface area contributed by atoms with Crippen LogP contribution in [0.25, 0.3) is 11.8 Å². The Labute approximate surface area is 181 Å². The maximum atomic E-state index is 13.0. The number of methoxy groups -OCH3 is 1. The third-order valence-electron chi connectivity index (χ3n) is 4.67. The number of rotatable bonds is 7. The van der Waals surface area contributed by atoms with Crippen molar-refractivity contribution in [3.63, 3.8) is 0 Å². The summed E-state index contributed by atoms with van der Waals surface area (Å²) >= 11 is 0. The maximum Gasteiger partial charge on any atom is 0.355 e. The predicted molar refractivity (Wildman–Crippen MR) is 118 cm³/mol. The summed E-state index contributed by atoms with van der Waals surface area (Å²) in [4.78, 5) is 34.5. The molecule has 2 aliphatic rings. The zero-order chi connectivity index (χ0) is 22.4. The Bertz CT molecular complexity index is 988. The lowest BCUT2D eigenvalue weighted by Crippen LogP contribution is -2.35. The zero-order valence-electron chi connectivity index (χ0n) is 17.9. The first-order chi connectivity index (χ1) is 15.0. The van der Waals surface area contributed by atoms with E-state index in [1.807, 2.05) is 38.1 Å². The number of benzene rings is 1. The second kappa shape index (κ2) is 9.94. The molecular weight excluding hydrogens is 398 g/mol. The van der Waals surface area contributed by atoms with Crippen LogP contribution in [0.2, 0.25) is 0 Å². The minimum Gasteiger partial charge on any atom is -0.464 e. The standard InChI is InChI=1S/C22H27N5O4/c1-4-10-27(31-5-2)21(28)16-11-14-6-7-15(12-19(14)24-20(23)13-16)17-8-9-18(26-25-17)22(29)30-3/h6-9,11-12,25-26H,4-5,10,13H2,1-3H3,(H2,23,24). The van der Waals surface area contributed by atoms with Crippen molar-refractivity contribution in [3.8, 4) is 0 Å². The van der Waals surface area contributed by atoms with Crippen molar-refractivity contribution in [2.45, 2.75) is 26.7 Å². The van der Waals surface area contributed by atoms with Gasteiger partial charge in [-0.1, -0.05) is 19.1 Å². The number of hydrazine groups is 1. The molecule has 0 saturated heterocycles. The van der Waals surface area contributed by atoms with Crippen molar-refractivity contribution >= 4 is 35.2 Å². The number of amides is 1. The van der Waals surface area contributed by atoms with Crippen LogP contribution in [0.1, 0.15) is 37.8 Å². The number of hydroxylamine groups is 2. The van der Waals surface area contributed by atoms with E-state index in [0.717, 1.165) is 23.2 Å². The fourth-order valence-electron chi connectivity index (χ4n) is 3.22. The number of aliphatic imine (C=N–C) groups is 1. The van der Waals surface area contributed by atoms with Crippen molar-refractivity contribution < 1.29 is 19.2 Å². The average Bonchev–Trinajstić information content (AvgIpc) is 2.95. The summed E-state index contributed by atoms with van der Waals surface area (Å²) in [5.41, 5.74) is 15.8. The monoisotopic (exact) mass is 425 g/mol. The van der Waals surface area contributed by atoms with E-state index < -0.39 is 5.97 Å². The van der Waals surface area contributed by atoms with Gasteiger partial charge in [0, 0.05) is 29.7 Å². The molecule has 3 rings (SSSR count). The Hall–Kier alpha value is -3.59. The molecule has 0 unspecified atom stereocenters. The summed E-state index contributed by atoms with van der Waals surface area (Å²) in [7, 11) is 1.32. The van der Waals surface area contributed by atoms with E-state index in [1.54, 1.807) is 12.2 Å². The molecule has 9 heteroatoms. The van der Waals surface area contributed by atoms with Crippen molar-refractivity contribution in [1.82, 2.24) is 15.9 Å². The van der Waals surface area contributed by atoms with Crippen LogP contribution < -0.4 is 16.6 Å². The Morgan fingerprint density at radius 2 is 2.03 bits per heavy atom. The predicted octanol–water partition coefficient (Wildman–Crippen LogP) is 2.16. The Kier molecular flexibility index (Phi) is 7.09. The lowest BCUT2D eigenvalue weighted by Gasteiger charge is -2.21. The number of carbonyl (C=O) groups is 2. The molecule has 0 fully saturated rings. The second-order valence-corrected chi connectivity index (χ2v) is 6.95. The Morgan fingerprint density at radius 1 is 1.23 bits per heavy atom. The van der Waals surface area contributed by atoms with Crippen LogP contribution in [-0.2, 0) is 19.2 Å². The number of hydrogen-bond acceptors (Lipinski definition) is 8. The number of hydrogen-bond donors (Lipinski definition) is 3. The van der Waals surface area contributed by atoms with Crippen LogP contribution in [0.4, 0.5) is 5.69 Å². The molecule has 164 valence electrons. The van der Waals surface area contributed by atoms with E-state index in [2.05, 4.69) is 15.8 Å². The molecule has 0 spiro atoms. The highest BCUT2D eigenvalue weighted by molar-refractivity contribution is 6.05. The molecule has 2 heterocycles. The molecule has 0 atom stereocenters. The van der Waals surface area contributed by atoms with Crippen molar-refractivity contribution in [1.29, 1.82) is 0 Å². The van der Waals surface area contributed by atoms with Crippen molar-refractivity contribution in [3.05, 3.63) is 52.7 Å². The van der Waals surface area contributed by atoms with Gasteiger partial charge in [0.05, 0.1) is 25.1 Å². The van der Waals surface area contributed by atoms with Crippen LogP contribution in [0, 0.1) is 0 Å². The van der Waals surface area contributed by atoms with Crippen LogP contribution in [0.15, 0.2) is 46.6 Å². The van der Waals surface area contributed by atoms with E-state index in [0.29, 0.717) is 35.9 Å². The summed E-state index contributed by atoms with van der Waals surface area (Å²) < 4.78 is 4.69. The minimum absolute atomic E-state index is 0.208. The fourth-order valence-corrected chi connectivity index (χ4v) is 3.22. The van der Waals surface area contributed by atoms with Gasteiger partial charge in [-0.2, -0.15) is 0 Å². The van der Waals surface area contributed by atoms with Crippen molar-refractivity contribution in [2.24, 2.45) is 10.7 Å². The molecule has 31 heavy (non-hydrogen) atoms. The maximum absolute atomic E-state index is 13.0. The van der Waals surface area contributed by atoms with Gasteiger partial charge in [-0.25, -0.2) is 14.9 Å². The molecule has 1 aromatic rings. The Balaban J connectivity index is 1.90. The summed E-state index contributed by atoms with van der Waals surface area (Å²) in [6, 6.07) is 5.65. The fraction of sp³-hybridized carbons (Fsp3) is 0.318. The quantitative estimate of drug-likeness (QED) is 0.452. The summed E-state index contributed by atoms with van der Waals surface area (Å²) in [6.07, 6.45) is 6.23. The molecule has 0 saturated carbocycles. The number of esters is 1. The molecule has 1 amide bonds. The summed E-state index contributed by atoms with van der Waals surface area (Å²) in [6.45, 7) is 4.74. The summed E-state index contributed by atoms with van der Waals surface area (Å²) in [5.74, 6) is -0.325. The van der Waals surface area contributed by atoms with E-state index in [-0.39, 0.29) is 12.3 Å². The van der Waals surface area contributed by atoms with Crippen LogP contribution in [-0.4, -0.2) is 43.0 Å². The molecule has 4 N–H and O–H groups in total. The largest absolute Gasteiger partial charge is 0.464 e. The molecule has 1 aromatic carbocycles. The van der Waals surface area contributed by atoms with Crippen LogP contribution in [0.3, 0.4) is 0 Å². The third-order valence-corrected chi connectivity index (χ3v) is 4.67. The lowest BCUT2D eigenvalue weighted by molar-refractivity contribution is -0.180. The summed E-state index contributed by atoms with van der Waals surface area (Å²) in [5, 5.41) is 1.38. The topological polar surface area (TPSA) is 118 Å². The number of allylic oxidation sites excluding steroid dienone is 2. The van der Waals surface area contributed by atoms with E-state index in [1.165, 1.54) is 12.2 Å². The molecule has 0 bridgehead atoms. The normalized spacial score (nSPS) is 15.1. The van der Waals surface area contributed by atoms with Crippen LogP contribution >= 0.6 is 0 Å². The number of ether oxygens (including phenoxy) is 1. The van der Waals surface area contributed by atoms with Gasteiger partial charge < -0.3 is 15.9 Å². The number of nitrogens with two attached hydrogens (primary N) is 1. The van der Waals surface area contributed by atoms with Gasteiger partial charge in [0.25, 0.3) is 5.91 Å². The highest BCUT2D eigenvalue weighted by Crippen LogP contribution is 2.30. The van der Waals surface area contributed by atoms with E-state index in [9.17, 15) is 9.59 Å². The lowest BCUT2D eigenvalue weighted by atomic mass is 10.0. The van der Waals surface area contributed by atoms with E-state index >= 15 is 0 Å². The number of fused-ring (bicyclic) bond motifs is 1. The van der Waals surface area contributed by atoms with Gasteiger partial charge in [0.1, 0.15) is 11.5 Å². The minimum atomic E-state index is -0.464. The van der Waals surface area contributed by atoms with Gasteiger partial charge in [-0.05, 0) is 37.6 Å². The first-order valence-corrected chi connectivity index (χ1v) is 10.1. The van der Waals surface area contributed by atoms with E-state index in [4.69, 9.17) is 15.3 Å². The second-order valence-electron chi connectivity index (χ2n) is 6.95. The smallest absolute Gasteiger partial charge is 0.355 e. The third kappa shape index (κ3) is 5.13. The number of amidine groups is 1. The van der Waals surface area contributed by atoms with Gasteiger partial charge >= 0.3 is 5.97 Å².